The van der Waals surface area contributed by atoms with Gasteiger partial charge in [-0.05, 0) is 31.4 Å². The van der Waals surface area contributed by atoms with Gasteiger partial charge in [-0.3, -0.25) is 9.79 Å². The normalized spacial score (nSPS) is 16.7. The van der Waals surface area contributed by atoms with Crippen molar-refractivity contribution in [1.29, 1.82) is 0 Å². The molecule has 1 saturated heterocycles. The van der Waals surface area contributed by atoms with Gasteiger partial charge in [0, 0.05) is 38.1 Å². The molecule has 0 aromatic heterocycles. The first-order chi connectivity index (χ1) is 13.0. The van der Waals surface area contributed by atoms with Crippen molar-refractivity contribution < 1.29 is 14.6 Å². The van der Waals surface area contributed by atoms with Crippen LogP contribution in [0.2, 0.25) is 0 Å². The maximum Gasteiger partial charge on any atom is 0.225 e. The molecule has 1 unspecified atom stereocenters. The van der Waals surface area contributed by atoms with Gasteiger partial charge in [-0.25, -0.2) is 0 Å². The van der Waals surface area contributed by atoms with Crippen LogP contribution in [0.25, 0.3) is 0 Å². The van der Waals surface area contributed by atoms with Crippen LogP contribution in [-0.2, 0) is 11.2 Å². The van der Waals surface area contributed by atoms with Gasteiger partial charge in [-0.2, -0.15) is 0 Å². The molecule has 1 aromatic carbocycles. The molecule has 0 aliphatic carbocycles. The molecule has 0 spiro atoms. The lowest BCUT2D eigenvalue weighted by atomic mass is 10.1. The third kappa shape index (κ3) is 6.72. The van der Waals surface area contributed by atoms with Gasteiger partial charge in [-0.1, -0.05) is 26.0 Å². The zero-order valence-electron chi connectivity index (χ0n) is 17.2. The third-order valence-electron chi connectivity index (χ3n) is 4.63. The van der Waals surface area contributed by atoms with Crippen molar-refractivity contribution >= 4 is 35.8 Å². The van der Waals surface area contributed by atoms with Crippen LogP contribution < -0.4 is 15.4 Å². The molecule has 1 fully saturated rings. The fourth-order valence-corrected chi connectivity index (χ4v) is 3.18. The van der Waals surface area contributed by atoms with E-state index in [4.69, 9.17) is 4.74 Å². The van der Waals surface area contributed by atoms with E-state index in [9.17, 15) is 9.90 Å². The molecule has 0 radical (unpaired) electrons. The number of nitrogens with zero attached hydrogens (tertiary/aromatic N) is 2. The number of phenols is 1. The topological polar surface area (TPSA) is 86.2 Å². The highest BCUT2D eigenvalue weighted by Crippen LogP contribution is 2.29. The van der Waals surface area contributed by atoms with Crippen molar-refractivity contribution in [2.75, 3.05) is 33.3 Å². The highest BCUT2D eigenvalue weighted by atomic mass is 127. The number of aromatic hydroxyl groups is 1. The molecule has 1 atom stereocenters. The Morgan fingerprint density at radius 3 is 2.82 bits per heavy atom. The molecular formula is C20H33IN4O3. The van der Waals surface area contributed by atoms with Crippen LogP contribution >= 0.6 is 24.0 Å². The molecule has 1 aliphatic rings. The van der Waals surface area contributed by atoms with Crippen LogP contribution in [0.15, 0.2) is 23.2 Å². The summed E-state index contributed by atoms with van der Waals surface area (Å²) in [7, 11) is 1.54. The first kappa shape index (κ1) is 24.3. The van der Waals surface area contributed by atoms with Crippen molar-refractivity contribution in [1.82, 2.24) is 15.5 Å². The van der Waals surface area contributed by atoms with Crippen molar-refractivity contribution in [3.63, 3.8) is 0 Å². The van der Waals surface area contributed by atoms with Crippen LogP contribution in [-0.4, -0.2) is 61.2 Å². The summed E-state index contributed by atoms with van der Waals surface area (Å²) in [6, 6.07) is 5.67. The van der Waals surface area contributed by atoms with Crippen LogP contribution in [0.5, 0.6) is 11.5 Å². The lowest BCUT2D eigenvalue weighted by molar-refractivity contribution is -0.133. The molecule has 158 valence electrons. The Bertz CT molecular complexity index is 667. The van der Waals surface area contributed by atoms with Gasteiger partial charge < -0.3 is 25.4 Å². The minimum absolute atomic E-state index is 0. The number of carbonyl (C=O) groups is 1. The second-order valence-electron chi connectivity index (χ2n) is 7.05. The number of guanidine groups is 1. The van der Waals surface area contributed by atoms with Crippen molar-refractivity contribution in [3.8, 4) is 11.5 Å². The monoisotopic (exact) mass is 504 g/mol. The van der Waals surface area contributed by atoms with E-state index in [-0.39, 0.29) is 47.6 Å². The Labute approximate surface area is 185 Å². The van der Waals surface area contributed by atoms with Gasteiger partial charge in [0.25, 0.3) is 0 Å². The number of halogens is 1. The second-order valence-corrected chi connectivity index (χ2v) is 7.05. The van der Waals surface area contributed by atoms with E-state index < -0.39 is 0 Å². The number of nitrogens with one attached hydrogen (secondary N) is 2. The largest absolute Gasteiger partial charge is 0.504 e. The predicted octanol–water partition coefficient (Wildman–Crippen LogP) is 2.37. The lowest BCUT2D eigenvalue weighted by Crippen LogP contribution is -2.45. The van der Waals surface area contributed by atoms with E-state index in [1.807, 2.05) is 37.8 Å². The van der Waals surface area contributed by atoms with Gasteiger partial charge >= 0.3 is 0 Å². The zero-order valence-corrected chi connectivity index (χ0v) is 19.5. The molecule has 3 N–H and O–H groups in total. The number of carbonyl (C=O) groups excluding carboxylic acids is 1. The van der Waals surface area contributed by atoms with E-state index >= 15 is 0 Å². The molecule has 1 heterocycles. The number of para-hydroxylation sites is 1. The third-order valence-corrected chi connectivity index (χ3v) is 4.63. The first-order valence-corrected chi connectivity index (χ1v) is 9.64. The molecule has 0 saturated carbocycles. The molecule has 1 aliphatic heterocycles. The molecule has 8 heteroatoms. The Morgan fingerprint density at radius 1 is 1.43 bits per heavy atom. The molecule has 2 rings (SSSR count). The summed E-state index contributed by atoms with van der Waals surface area (Å²) in [5.74, 6) is 1.62. The van der Waals surface area contributed by atoms with Crippen molar-refractivity contribution in [2.24, 2.45) is 10.9 Å². The second kappa shape index (κ2) is 12.0. The van der Waals surface area contributed by atoms with E-state index in [1.165, 1.54) is 0 Å². The maximum atomic E-state index is 12.1. The summed E-state index contributed by atoms with van der Waals surface area (Å²) < 4.78 is 5.14. The van der Waals surface area contributed by atoms with Gasteiger partial charge in [0.2, 0.25) is 5.91 Å². The minimum atomic E-state index is 0. The summed E-state index contributed by atoms with van der Waals surface area (Å²) in [6.45, 7) is 8.68. The molecular weight excluding hydrogens is 471 g/mol. The number of methoxy groups -OCH3 is 1. The zero-order chi connectivity index (χ0) is 19.8. The SMILES string of the molecule is CCNC(=NCCc1cccc(OC)c1O)NC1CCN(C(=O)C(C)C)C1.I. The first-order valence-electron chi connectivity index (χ1n) is 9.64. The van der Waals surface area contributed by atoms with Gasteiger partial charge in [-0.15, -0.1) is 24.0 Å². The number of hydrogen-bond donors (Lipinski definition) is 3. The predicted molar refractivity (Wildman–Crippen MR) is 123 cm³/mol. The van der Waals surface area contributed by atoms with Gasteiger partial charge in [0.05, 0.1) is 7.11 Å². The van der Waals surface area contributed by atoms with Gasteiger partial charge in [0.1, 0.15) is 0 Å². The number of rotatable bonds is 7. The van der Waals surface area contributed by atoms with E-state index in [0.717, 1.165) is 31.0 Å². The summed E-state index contributed by atoms with van der Waals surface area (Å²) in [5.41, 5.74) is 0.809. The van der Waals surface area contributed by atoms with E-state index in [0.29, 0.717) is 25.3 Å². The number of aliphatic imine (C=N–C) groups is 1. The molecule has 7 nitrogen and oxygen atoms in total. The Hall–Kier alpha value is -1.71. The fraction of sp³-hybridized carbons (Fsp3) is 0.600. The molecule has 1 amide bonds. The quantitative estimate of drug-likeness (QED) is 0.302. The average Bonchev–Trinajstić information content (AvgIpc) is 3.11. The van der Waals surface area contributed by atoms with Crippen molar-refractivity contribution in [2.45, 2.75) is 39.7 Å². The number of amides is 1. The average molecular weight is 504 g/mol. The highest BCUT2D eigenvalue weighted by Gasteiger charge is 2.27. The number of benzene rings is 1. The van der Waals surface area contributed by atoms with Crippen LogP contribution in [0.4, 0.5) is 0 Å². The highest BCUT2D eigenvalue weighted by molar-refractivity contribution is 14.0. The molecule has 28 heavy (non-hydrogen) atoms. The fourth-order valence-electron chi connectivity index (χ4n) is 3.18. The minimum Gasteiger partial charge on any atom is -0.504 e. The summed E-state index contributed by atoms with van der Waals surface area (Å²) in [4.78, 5) is 18.7. The number of hydrogen-bond acceptors (Lipinski definition) is 4. The lowest BCUT2D eigenvalue weighted by Gasteiger charge is -2.20. The smallest absolute Gasteiger partial charge is 0.225 e. The Balaban J connectivity index is 0.00000392. The molecule has 0 bridgehead atoms. The summed E-state index contributed by atoms with van der Waals surface area (Å²) >= 11 is 0. The van der Waals surface area contributed by atoms with E-state index in [1.54, 1.807) is 13.2 Å². The Kier molecular flexibility index (Phi) is 10.4. The van der Waals surface area contributed by atoms with Crippen LogP contribution in [0, 0.1) is 5.92 Å². The molecule has 1 aromatic rings. The standard InChI is InChI=1S/C20H32N4O3.HI/c1-5-21-20(23-16-10-12-24(13-16)19(26)14(2)3)22-11-9-15-7-6-8-17(27-4)18(15)25;/h6-8,14,16,25H,5,9-13H2,1-4H3,(H2,21,22,23);1H. The summed E-state index contributed by atoms with van der Waals surface area (Å²) in [5, 5.41) is 16.8. The number of ether oxygens (including phenoxy) is 1. The van der Waals surface area contributed by atoms with E-state index in [2.05, 4.69) is 15.6 Å². The Morgan fingerprint density at radius 2 is 2.18 bits per heavy atom. The summed E-state index contributed by atoms with van der Waals surface area (Å²) in [6.07, 6.45) is 1.53. The maximum absolute atomic E-state index is 12.1. The van der Waals surface area contributed by atoms with Gasteiger partial charge in [0.15, 0.2) is 17.5 Å². The van der Waals surface area contributed by atoms with Crippen LogP contribution in [0.1, 0.15) is 32.8 Å². The van der Waals surface area contributed by atoms with Crippen LogP contribution in [0.3, 0.4) is 0 Å². The number of phenolic OH excluding ortho intramolecular Hbond substituents is 1. The number of likely N-dealkylation sites (tertiary alicyclic amines) is 1. The van der Waals surface area contributed by atoms with Crippen molar-refractivity contribution in [3.05, 3.63) is 23.8 Å².